The fourth-order valence-electron chi connectivity index (χ4n) is 4.06. The predicted octanol–water partition coefficient (Wildman–Crippen LogP) is 3.26. The minimum absolute atomic E-state index is 0.0807. The van der Waals surface area contributed by atoms with Crippen LogP contribution in [-0.2, 0) is 12.5 Å². The zero-order valence-corrected chi connectivity index (χ0v) is 21.5. The molecule has 36 heavy (non-hydrogen) atoms. The van der Waals surface area contributed by atoms with E-state index in [0.29, 0.717) is 40.8 Å². The molecule has 1 fully saturated rings. The molecule has 0 aliphatic heterocycles. The lowest BCUT2D eigenvalue weighted by molar-refractivity contribution is 0.251. The number of amides is 2. The number of nitrogens with one attached hydrogen (secondary N) is 3. The number of anilines is 2. The average Bonchev–Trinajstić information content (AvgIpc) is 3.36. The number of fused-ring (bicyclic) bond motifs is 1. The largest absolute Gasteiger partial charge is 0.357 e. The summed E-state index contributed by atoms with van der Waals surface area (Å²) < 4.78 is 5.69. The number of rotatable bonds is 5. The lowest BCUT2D eigenvalue weighted by atomic mass is 9.95. The van der Waals surface area contributed by atoms with Crippen molar-refractivity contribution in [2.24, 2.45) is 7.05 Å². The molecule has 4 aromatic heterocycles. The number of carbonyl (C=O) groups excluding carboxylic acids is 1. The van der Waals surface area contributed by atoms with Crippen LogP contribution in [0.5, 0.6) is 0 Å². The van der Waals surface area contributed by atoms with Gasteiger partial charge in [0.2, 0.25) is 5.95 Å². The van der Waals surface area contributed by atoms with Crippen molar-refractivity contribution >= 4 is 40.2 Å². The molecule has 0 saturated heterocycles. The monoisotopic (exact) mass is 505 g/mol. The zero-order chi connectivity index (χ0) is 25.6. The van der Waals surface area contributed by atoms with Gasteiger partial charge in [0.05, 0.1) is 18.1 Å². The van der Waals surface area contributed by atoms with Crippen molar-refractivity contribution in [1.29, 1.82) is 0 Å². The molecule has 5 rings (SSSR count). The van der Waals surface area contributed by atoms with Crippen LogP contribution in [0, 0.1) is 0 Å². The molecule has 0 radical (unpaired) electrons. The van der Waals surface area contributed by atoms with Gasteiger partial charge in [-0.3, -0.25) is 9.36 Å². The van der Waals surface area contributed by atoms with Gasteiger partial charge >= 0.3 is 6.03 Å². The van der Waals surface area contributed by atoms with E-state index in [1.807, 2.05) is 32.2 Å². The lowest BCUT2D eigenvalue weighted by Crippen LogP contribution is -2.32. The van der Waals surface area contributed by atoms with E-state index < -0.39 is 0 Å². The van der Waals surface area contributed by atoms with Crippen molar-refractivity contribution in [2.45, 2.75) is 44.6 Å². The highest BCUT2D eigenvalue weighted by Crippen LogP contribution is 2.40. The number of pyridine rings is 1. The molecule has 0 aromatic carbocycles. The smallest absolute Gasteiger partial charge is 0.319 e. The Kier molecular flexibility index (Phi) is 5.91. The van der Waals surface area contributed by atoms with Gasteiger partial charge in [-0.2, -0.15) is 4.98 Å². The molecule has 2 amide bonds. The first-order chi connectivity index (χ1) is 17.2. The minimum Gasteiger partial charge on any atom is -0.357 e. The number of aromatic nitrogens is 6. The van der Waals surface area contributed by atoms with Crippen LogP contribution in [0.4, 0.5) is 16.4 Å². The minimum atomic E-state index is -0.376. The van der Waals surface area contributed by atoms with Crippen LogP contribution >= 0.6 is 11.5 Å². The molecule has 186 valence electrons. The number of carbonyl (C=O) groups is 1. The van der Waals surface area contributed by atoms with Crippen LogP contribution in [-0.4, -0.2) is 48.0 Å². The molecule has 0 bridgehead atoms. The number of hydrogen-bond acceptors (Lipinski definition) is 9. The maximum absolute atomic E-state index is 13.0. The molecule has 2 atom stereocenters. The summed E-state index contributed by atoms with van der Waals surface area (Å²) in [4.78, 5) is 43.7. The van der Waals surface area contributed by atoms with Crippen molar-refractivity contribution in [3.8, 4) is 11.3 Å². The molecule has 1 saturated carbocycles. The molecule has 4 aromatic rings. The molecular formula is C24H27N9O2S. The van der Waals surface area contributed by atoms with Crippen molar-refractivity contribution in [1.82, 2.24) is 34.2 Å². The summed E-state index contributed by atoms with van der Waals surface area (Å²) >= 11 is 1.32. The van der Waals surface area contributed by atoms with Gasteiger partial charge in [-0.25, -0.2) is 24.1 Å². The van der Waals surface area contributed by atoms with Crippen molar-refractivity contribution in [3.05, 3.63) is 51.8 Å². The van der Waals surface area contributed by atoms with Crippen LogP contribution in [0.2, 0.25) is 0 Å². The molecule has 1 aliphatic carbocycles. The molecule has 12 heteroatoms. The summed E-state index contributed by atoms with van der Waals surface area (Å²) in [6, 6.07) is 1.29. The first-order valence-corrected chi connectivity index (χ1v) is 12.4. The van der Waals surface area contributed by atoms with Gasteiger partial charge in [0.1, 0.15) is 17.2 Å². The number of nitrogens with zero attached hydrogens (tertiary/aromatic N) is 6. The fraction of sp³-hybridized carbons (Fsp3) is 0.375. The highest BCUT2D eigenvalue weighted by Gasteiger charge is 2.41. The summed E-state index contributed by atoms with van der Waals surface area (Å²) in [6.07, 6.45) is 5.71. The van der Waals surface area contributed by atoms with Gasteiger partial charge in [0.15, 0.2) is 0 Å². The molecule has 1 aliphatic rings. The third-order valence-electron chi connectivity index (χ3n) is 6.12. The Bertz CT molecular complexity index is 1510. The maximum atomic E-state index is 13.0. The van der Waals surface area contributed by atoms with Crippen molar-refractivity contribution < 1.29 is 4.79 Å². The first kappa shape index (κ1) is 23.8. The van der Waals surface area contributed by atoms with E-state index in [4.69, 9.17) is 4.98 Å². The Morgan fingerprint density at radius 3 is 2.67 bits per heavy atom. The van der Waals surface area contributed by atoms with E-state index in [2.05, 4.69) is 35.3 Å². The van der Waals surface area contributed by atoms with Crippen LogP contribution in [0.3, 0.4) is 0 Å². The maximum Gasteiger partial charge on any atom is 0.319 e. The fourth-order valence-corrected chi connectivity index (χ4v) is 4.58. The van der Waals surface area contributed by atoms with Gasteiger partial charge in [-0.15, -0.1) is 0 Å². The SMILES string of the molecule is CNc1ncc2cc(C3CC3NC(=O)Nc3cnc(C(C)(C)C)nc3-c3cnsc3)c(=O)n(C)c2n1. The third kappa shape index (κ3) is 4.51. The van der Waals surface area contributed by atoms with E-state index >= 15 is 0 Å². The quantitative estimate of drug-likeness (QED) is 0.376. The van der Waals surface area contributed by atoms with Crippen LogP contribution in [0.25, 0.3) is 22.3 Å². The zero-order valence-electron chi connectivity index (χ0n) is 20.7. The number of hydrogen-bond donors (Lipinski definition) is 3. The summed E-state index contributed by atoms with van der Waals surface area (Å²) in [5, 5.41) is 11.4. The number of urea groups is 1. The molecule has 11 nitrogen and oxygen atoms in total. The Hall–Kier alpha value is -3.93. The summed E-state index contributed by atoms with van der Waals surface area (Å²) in [7, 11) is 3.42. The Morgan fingerprint density at radius 2 is 1.97 bits per heavy atom. The highest BCUT2D eigenvalue weighted by molar-refractivity contribution is 7.03. The van der Waals surface area contributed by atoms with Crippen LogP contribution < -0.4 is 21.5 Å². The normalized spacial score (nSPS) is 17.1. The molecule has 3 N–H and O–H groups in total. The Morgan fingerprint density at radius 1 is 1.17 bits per heavy atom. The Balaban J connectivity index is 1.34. The van der Waals surface area contributed by atoms with E-state index in [1.165, 1.54) is 16.1 Å². The van der Waals surface area contributed by atoms with Gasteiger partial charge in [-0.05, 0) is 24.0 Å². The van der Waals surface area contributed by atoms with E-state index in [9.17, 15) is 9.59 Å². The summed E-state index contributed by atoms with van der Waals surface area (Å²) in [5.41, 5.74) is 2.75. The van der Waals surface area contributed by atoms with Crippen molar-refractivity contribution in [2.75, 3.05) is 17.7 Å². The predicted molar refractivity (Wildman–Crippen MR) is 139 cm³/mol. The van der Waals surface area contributed by atoms with E-state index in [1.54, 1.807) is 32.7 Å². The van der Waals surface area contributed by atoms with Crippen LogP contribution in [0.1, 0.15) is 44.5 Å². The molecule has 2 unspecified atom stereocenters. The second kappa shape index (κ2) is 8.94. The topological polar surface area (TPSA) is 140 Å². The first-order valence-electron chi connectivity index (χ1n) is 11.5. The summed E-state index contributed by atoms with van der Waals surface area (Å²) in [6.45, 7) is 6.11. The van der Waals surface area contributed by atoms with Crippen molar-refractivity contribution in [3.63, 3.8) is 0 Å². The van der Waals surface area contributed by atoms with E-state index in [0.717, 1.165) is 10.9 Å². The Labute approximate surface area is 211 Å². The molecule has 0 spiro atoms. The second-order valence-electron chi connectivity index (χ2n) is 9.85. The van der Waals surface area contributed by atoms with Gasteiger partial charge < -0.3 is 16.0 Å². The summed E-state index contributed by atoms with van der Waals surface area (Å²) in [5.74, 6) is 1.04. The van der Waals surface area contributed by atoms with Gasteiger partial charge in [0.25, 0.3) is 5.56 Å². The van der Waals surface area contributed by atoms with Crippen LogP contribution in [0.15, 0.2) is 34.8 Å². The second-order valence-corrected chi connectivity index (χ2v) is 10.5. The van der Waals surface area contributed by atoms with Gasteiger partial charge in [-0.1, -0.05) is 20.8 Å². The molecule has 4 heterocycles. The molecular weight excluding hydrogens is 478 g/mol. The average molecular weight is 506 g/mol. The third-order valence-corrected chi connectivity index (χ3v) is 6.71. The standard InChI is InChI=1S/C24H27N9O2S/c1-24(2,3)21-26-10-17(18(31-21)13-9-28-36-11-13)30-23(35)29-16-7-14(16)15-6-12-8-27-22(25-4)32-19(12)33(5)20(15)34/h6,8-11,14,16H,7H2,1-5H3,(H,25,27,32)(H2,29,30,35). The van der Waals surface area contributed by atoms with E-state index in [-0.39, 0.29) is 29.0 Å². The number of aryl methyl sites for hydroxylation is 1. The highest BCUT2D eigenvalue weighted by atomic mass is 32.1. The van der Waals surface area contributed by atoms with Gasteiger partial charge in [0, 0.05) is 59.6 Å². The lowest BCUT2D eigenvalue weighted by Gasteiger charge is -2.18.